The van der Waals surface area contributed by atoms with Crippen LogP contribution >= 0.6 is 0 Å². The smallest absolute Gasteiger partial charge is 0.419 e. The Morgan fingerprint density at radius 2 is 1.83 bits per heavy atom. The monoisotopic (exact) mass is 494 g/mol. The van der Waals surface area contributed by atoms with Crippen molar-refractivity contribution >= 4 is 29.3 Å². The van der Waals surface area contributed by atoms with Gasteiger partial charge in [-0.3, -0.25) is 4.79 Å². The van der Waals surface area contributed by atoms with Gasteiger partial charge in [-0.05, 0) is 47.5 Å². The molecular weight excluding hydrogens is 473 g/mol. The standard InChI is InChI=1S/C27H21F3N2O4/c1-32-15-19(36-26(32)34)12-17-8-11-24(22(14-17)27(28,29)30)35-18-9-6-16(7-10-18)13-21-20-4-2-3-5-23(20)31-25(21)33/h2-11,13-14,19H,12,15H2,1H3,(H,31,33)/b21-13-. The molecule has 0 bridgehead atoms. The van der Waals surface area contributed by atoms with Crippen LogP contribution in [0.1, 0.15) is 22.3 Å². The van der Waals surface area contributed by atoms with Crippen molar-refractivity contribution in [1.29, 1.82) is 0 Å². The van der Waals surface area contributed by atoms with E-state index in [-0.39, 0.29) is 23.8 Å². The zero-order valence-electron chi connectivity index (χ0n) is 19.1. The number of alkyl halides is 3. The number of hydrogen-bond donors (Lipinski definition) is 1. The van der Waals surface area contributed by atoms with Crippen LogP contribution in [-0.4, -0.2) is 36.6 Å². The SMILES string of the molecule is CN1CC(Cc2ccc(Oc3ccc(/C=C4\C(=O)Nc5ccccc54)cc3)c(C(F)(F)F)c2)OC1=O. The molecule has 6 nitrogen and oxygen atoms in total. The van der Waals surface area contributed by atoms with E-state index in [0.717, 1.165) is 17.3 Å². The summed E-state index contributed by atoms with van der Waals surface area (Å²) >= 11 is 0. The molecule has 3 aromatic carbocycles. The van der Waals surface area contributed by atoms with Crippen LogP contribution in [0.5, 0.6) is 11.5 Å². The Bertz CT molecular complexity index is 1370. The van der Waals surface area contributed by atoms with Crippen LogP contribution in [0.4, 0.5) is 23.7 Å². The van der Waals surface area contributed by atoms with Crippen LogP contribution in [0.2, 0.25) is 0 Å². The van der Waals surface area contributed by atoms with Gasteiger partial charge in [0.05, 0.1) is 12.1 Å². The second-order valence-corrected chi connectivity index (χ2v) is 8.65. The summed E-state index contributed by atoms with van der Waals surface area (Å²) in [5, 5.41) is 2.80. The molecule has 0 spiro atoms. The molecule has 2 aliphatic heterocycles. The van der Waals surface area contributed by atoms with Gasteiger partial charge in [0, 0.05) is 30.3 Å². The molecule has 9 heteroatoms. The molecule has 2 heterocycles. The van der Waals surface area contributed by atoms with Gasteiger partial charge in [0.15, 0.2) is 0 Å². The lowest BCUT2D eigenvalue weighted by atomic mass is 10.0. The van der Waals surface area contributed by atoms with Gasteiger partial charge in [-0.1, -0.05) is 36.4 Å². The van der Waals surface area contributed by atoms with Crippen molar-refractivity contribution < 1.29 is 32.2 Å². The summed E-state index contributed by atoms with van der Waals surface area (Å²) in [5.74, 6) is -0.328. The normalized spacial score (nSPS) is 18.3. The summed E-state index contributed by atoms with van der Waals surface area (Å²) in [5.41, 5.74) is 2.20. The van der Waals surface area contributed by atoms with Crippen LogP contribution in [0.3, 0.4) is 0 Å². The third kappa shape index (κ3) is 4.77. The quantitative estimate of drug-likeness (QED) is 0.443. The van der Waals surface area contributed by atoms with E-state index in [9.17, 15) is 22.8 Å². The number of fused-ring (bicyclic) bond motifs is 1. The highest BCUT2D eigenvalue weighted by Crippen LogP contribution is 2.39. The number of hydrogen-bond acceptors (Lipinski definition) is 4. The number of amides is 2. The van der Waals surface area contributed by atoms with Gasteiger partial charge < -0.3 is 19.7 Å². The van der Waals surface area contributed by atoms with E-state index in [1.54, 1.807) is 37.4 Å². The van der Waals surface area contributed by atoms with E-state index in [1.165, 1.54) is 17.0 Å². The molecule has 0 saturated carbocycles. The zero-order valence-corrected chi connectivity index (χ0v) is 19.1. The van der Waals surface area contributed by atoms with Gasteiger partial charge in [0.2, 0.25) is 0 Å². The van der Waals surface area contributed by atoms with Crippen molar-refractivity contribution in [3.05, 3.63) is 89.0 Å². The summed E-state index contributed by atoms with van der Waals surface area (Å²) in [4.78, 5) is 25.2. The number of rotatable bonds is 5. The fourth-order valence-corrected chi connectivity index (χ4v) is 4.24. The lowest BCUT2D eigenvalue weighted by Crippen LogP contribution is -2.20. The molecule has 5 rings (SSSR count). The first-order valence-electron chi connectivity index (χ1n) is 11.2. The Morgan fingerprint density at radius 3 is 2.53 bits per heavy atom. The number of carbonyl (C=O) groups is 2. The molecule has 1 fully saturated rings. The van der Waals surface area contributed by atoms with E-state index in [4.69, 9.17) is 9.47 Å². The van der Waals surface area contributed by atoms with Gasteiger partial charge in [0.25, 0.3) is 5.91 Å². The number of nitrogens with zero attached hydrogens (tertiary/aromatic N) is 1. The van der Waals surface area contributed by atoms with Crippen molar-refractivity contribution in [1.82, 2.24) is 4.90 Å². The highest BCUT2D eigenvalue weighted by molar-refractivity contribution is 6.34. The third-order valence-electron chi connectivity index (χ3n) is 6.00. The first kappa shape index (κ1) is 23.5. The minimum Gasteiger partial charge on any atom is -0.457 e. The lowest BCUT2D eigenvalue weighted by molar-refractivity contribution is -0.138. The molecule has 1 atom stereocenters. The minimum absolute atomic E-state index is 0.166. The molecule has 0 aromatic heterocycles. The Morgan fingerprint density at radius 1 is 1.08 bits per heavy atom. The number of benzene rings is 3. The molecule has 1 unspecified atom stereocenters. The molecule has 2 amide bonds. The third-order valence-corrected chi connectivity index (χ3v) is 6.00. The van der Waals surface area contributed by atoms with Crippen molar-refractivity contribution in [3.8, 4) is 11.5 Å². The largest absolute Gasteiger partial charge is 0.457 e. The Hall–Kier alpha value is -4.27. The summed E-state index contributed by atoms with van der Waals surface area (Å²) in [6.45, 7) is 0.314. The van der Waals surface area contributed by atoms with Crippen LogP contribution in [0.25, 0.3) is 11.6 Å². The van der Waals surface area contributed by atoms with Gasteiger partial charge in [-0.2, -0.15) is 13.2 Å². The number of carbonyl (C=O) groups excluding carboxylic acids is 2. The fourth-order valence-electron chi connectivity index (χ4n) is 4.24. The maximum absolute atomic E-state index is 13.8. The van der Waals surface area contributed by atoms with Gasteiger partial charge in [-0.25, -0.2) is 4.79 Å². The second-order valence-electron chi connectivity index (χ2n) is 8.65. The number of cyclic esters (lactones) is 1. The second kappa shape index (κ2) is 9.07. The van der Waals surface area contributed by atoms with E-state index in [2.05, 4.69) is 5.32 Å². The maximum atomic E-state index is 13.8. The highest BCUT2D eigenvalue weighted by Gasteiger charge is 2.36. The number of halogens is 3. The van der Waals surface area contributed by atoms with Crippen LogP contribution in [0, 0.1) is 0 Å². The predicted octanol–water partition coefficient (Wildman–Crippen LogP) is 5.98. The summed E-state index contributed by atoms with van der Waals surface area (Å²) in [7, 11) is 1.57. The number of nitrogens with one attached hydrogen (secondary N) is 1. The van der Waals surface area contributed by atoms with E-state index in [0.29, 0.717) is 23.2 Å². The predicted molar refractivity (Wildman–Crippen MR) is 128 cm³/mol. The molecule has 0 aliphatic carbocycles. The Balaban J connectivity index is 1.35. The van der Waals surface area contributed by atoms with Gasteiger partial charge in [0.1, 0.15) is 17.6 Å². The van der Waals surface area contributed by atoms with E-state index >= 15 is 0 Å². The van der Waals surface area contributed by atoms with Crippen LogP contribution in [-0.2, 0) is 22.1 Å². The molecule has 3 aromatic rings. The molecular formula is C27H21F3N2O4. The number of likely N-dealkylation sites (N-methyl/N-ethyl adjacent to an activating group) is 1. The topological polar surface area (TPSA) is 67.9 Å². The van der Waals surface area contributed by atoms with Gasteiger partial charge >= 0.3 is 12.3 Å². The highest BCUT2D eigenvalue weighted by atomic mass is 19.4. The Kier molecular flexibility index (Phi) is 5.91. The molecule has 36 heavy (non-hydrogen) atoms. The van der Waals surface area contributed by atoms with Crippen LogP contribution in [0.15, 0.2) is 66.7 Å². The molecule has 184 valence electrons. The van der Waals surface area contributed by atoms with Crippen molar-refractivity contribution in [3.63, 3.8) is 0 Å². The fraction of sp³-hybridized carbons (Fsp3) is 0.185. The molecule has 1 saturated heterocycles. The van der Waals surface area contributed by atoms with Crippen LogP contribution < -0.4 is 10.1 Å². The number of para-hydroxylation sites is 1. The van der Waals surface area contributed by atoms with Crippen molar-refractivity contribution in [2.75, 3.05) is 18.9 Å². The zero-order chi connectivity index (χ0) is 25.4. The van der Waals surface area contributed by atoms with Gasteiger partial charge in [-0.15, -0.1) is 0 Å². The number of ether oxygens (including phenoxy) is 2. The molecule has 1 N–H and O–H groups in total. The van der Waals surface area contributed by atoms with E-state index in [1.807, 2.05) is 24.3 Å². The minimum atomic E-state index is -4.64. The Labute approximate surface area is 204 Å². The maximum Gasteiger partial charge on any atom is 0.419 e. The molecule has 0 radical (unpaired) electrons. The average molecular weight is 494 g/mol. The molecule has 2 aliphatic rings. The van der Waals surface area contributed by atoms with E-state index < -0.39 is 23.9 Å². The van der Waals surface area contributed by atoms with Crippen molar-refractivity contribution in [2.24, 2.45) is 0 Å². The summed E-state index contributed by atoms with van der Waals surface area (Å²) in [6.07, 6.45) is -3.76. The first-order chi connectivity index (χ1) is 17.2. The summed E-state index contributed by atoms with van der Waals surface area (Å²) in [6, 6.07) is 17.6. The summed E-state index contributed by atoms with van der Waals surface area (Å²) < 4.78 is 52.1. The first-order valence-corrected chi connectivity index (χ1v) is 11.2. The van der Waals surface area contributed by atoms with Crippen molar-refractivity contribution in [2.45, 2.75) is 18.7 Å². The lowest BCUT2D eigenvalue weighted by Gasteiger charge is -2.16. The average Bonchev–Trinajstić information content (AvgIpc) is 3.32. The number of anilines is 1.